The van der Waals surface area contributed by atoms with Crippen molar-refractivity contribution in [3.8, 4) is 0 Å². The summed E-state index contributed by atoms with van der Waals surface area (Å²) in [6.45, 7) is 2.27. The molecule has 0 saturated carbocycles. The second-order valence-corrected chi connectivity index (χ2v) is 8.85. The van der Waals surface area contributed by atoms with E-state index in [-0.39, 0.29) is 25.4 Å². The quantitative estimate of drug-likeness (QED) is 0.150. The molecular formula is C27H45NO3Zn. The fourth-order valence-electron chi connectivity index (χ4n) is 3.97. The molecule has 1 amide bonds. The Bertz CT molecular complexity index is 580. The van der Waals surface area contributed by atoms with Gasteiger partial charge in [-0.15, -0.1) is 0 Å². The van der Waals surface area contributed by atoms with Crippen LogP contribution in [0.4, 0.5) is 0 Å². The zero-order valence-electron chi connectivity index (χ0n) is 20.5. The summed E-state index contributed by atoms with van der Waals surface area (Å²) in [5.41, 5.74) is 0.919. The Morgan fingerprint density at radius 3 is 1.62 bits per heavy atom. The molecule has 5 heteroatoms. The topological polar surface area (TPSA) is 66.4 Å². The molecule has 0 heterocycles. The van der Waals surface area contributed by atoms with Crippen LogP contribution in [0.25, 0.3) is 0 Å². The first-order valence-electron chi connectivity index (χ1n) is 12.7. The molecule has 0 saturated heterocycles. The van der Waals surface area contributed by atoms with E-state index in [0.29, 0.717) is 12.8 Å². The van der Waals surface area contributed by atoms with E-state index in [0.717, 1.165) is 24.8 Å². The van der Waals surface area contributed by atoms with Crippen LogP contribution in [0.15, 0.2) is 30.3 Å². The molecule has 0 aromatic heterocycles. The summed E-state index contributed by atoms with van der Waals surface area (Å²) in [4.78, 5) is 23.5. The molecule has 32 heavy (non-hydrogen) atoms. The number of benzene rings is 1. The predicted molar refractivity (Wildman–Crippen MR) is 129 cm³/mol. The first-order valence-corrected chi connectivity index (χ1v) is 12.7. The third-order valence-corrected chi connectivity index (χ3v) is 5.92. The Morgan fingerprint density at radius 2 is 1.19 bits per heavy atom. The molecule has 0 aliphatic heterocycles. The van der Waals surface area contributed by atoms with Crippen molar-refractivity contribution in [2.75, 3.05) is 0 Å². The summed E-state index contributed by atoms with van der Waals surface area (Å²) in [7, 11) is 0. The Balaban J connectivity index is 0.00000961. The third-order valence-electron chi connectivity index (χ3n) is 5.92. The van der Waals surface area contributed by atoms with Crippen molar-refractivity contribution < 1.29 is 34.2 Å². The van der Waals surface area contributed by atoms with E-state index in [4.69, 9.17) is 0 Å². The maximum absolute atomic E-state index is 12.1. The summed E-state index contributed by atoms with van der Waals surface area (Å²) >= 11 is 0. The molecular weight excluding hydrogens is 452 g/mol. The number of carboxylic acids is 1. The second-order valence-electron chi connectivity index (χ2n) is 8.85. The van der Waals surface area contributed by atoms with Gasteiger partial charge in [-0.05, 0) is 12.0 Å². The van der Waals surface area contributed by atoms with Crippen LogP contribution in [0.2, 0.25) is 0 Å². The van der Waals surface area contributed by atoms with Crippen molar-refractivity contribution in [3.05, 3.63) is 35.9 Å². The fourth-order valence-corrected chi connectivity index (χ4v) is 3.97. The van der Waals surface area contributed by atoms with Gasteiger partial charge in [0.2, 0.25) is 5.91 Å². The molecule has 0 spiro atoms. The maximum Gasteiger partial charge on any atom is 0.326 e. The minimum Gasteiger partial charge on any atom is -0.480 e. The number of carboxylic acid groups (broad SMARTS) is 1. The van der Waals surface area contributed by atoms with Gasteiger partial charge in [0.15, 0.2) is 0 Å². The van der Waals surface area contributed by atoms with Gasteiger partial charge in [0, 0.05) is 32.3 Å². The molecule has 178 valence electrons. The van der Waals surface area contributed by atoms with Crippen LogP contribution in [0.1, 0.15) is 115 Å². The molecule has 1 atom stereocenters. The monoisotopic (exact) mass is 495 g/mol. The molecule has 0 aliphatic rings. The van der Waals surface area contributed by atoms with Crippen molar-refractivity contribution in [1.29, 1.82) is 0 Å². The Labute approximate surface area is 209 Å². The van der Waals surface area contributed by atoms with Crippen molar-refractivity contribution in [2.45, 2.75) is 122 Å². The number of nitrogens with one attached hydrogen (secondary N) is 1. The first-order chi connectivity index (χ1) is 15.1. The van der Waals surface area contributed by atoms with Gasteiger partial charge in [0.05, 0.1) is 0 Å². The van der Waals surface area contributed by atoms with E-state index in [9.17, 15) is 14.7 Å². The molecule has 0 bridgehead atoms. The zero-order chi connectivity index (χ0) is 22.6. The number of hydrogen-bond donors (Lipinski definition) is 2. The summed E-state index contributed by atoms with van der Waals surface area (Å²) in [6.07, 6.45) is 20.1. The van der Waals surface area contributed by atoms with Crippen LogP contribution in [0.3, 0.4) is 0 Å². The number of unbranched alkanes of at least 4 members (excludes halogenated alkanes) is 14. The van der Waals surface area contributed by atoms with Crippen molar-refractivity contribution in [2.24, 2.45) is 0 Å². The van der Waals surface area contributed by atoms with E-state index in [1.165, 1.54) is 77.0 Å². The van der Waals surface area contributed by atoms with Gasteiger partial charge in [-0.2, -0.15) is 0 Å². The molecule has 0 aliphatic carbocycles. The number of aliphatic carboxylic acids is 1. The summed E-state index contributed by atoms with van der Waals surface area (Å²) in [5, 5.41) is 12.0. The smallest absolute Gasteiger partial charge is 0.326 e. The molecule has 1 aromatic rings. The van der Waals surface area contributed by atoms with Gasteiger partial charge in [-0.1, -0.05) is 127 Å². The van der Waals surface area contributed by atoms with Crippen LogP contribution in [-0.2, 0) is 35.5 Å². The van der Waals surface area contributed by atoms with Gasteiger partial charge < -0.3 is 10.4 Å². The van der Waals surface area contributed by atoms with Gasteiger partial charge in [-0.25, -0.2) is 4.79 Å². The minimum atomic E-state index is -0.978. The minimum absolute atomic E-state index is 0. The van der Waals surface area contributed by atoms with E-state index >= 15 is 0 Å². The SMILES string of the molecule is CCCCCCCCCCCCCCCCCC(=O)N[C@@H](Cc1ccccc1)C(=O)O.[Zn]. The van der Waals surface area contributed by atoms with Gasteiger partial charge >= 0.3 is 5.97 Å². The van der Waals surface area contributed by atoms with E-state index in [1.807, 2.05) is 30.3 Å². The van der Waals surface area contributed by atoms with Crippen molar-refractivity contribution >= 4 is 11.9 Å². The molecule has 0 radical (unpaired) electrons. The number of amides is 1. The molecule has 1 aromatic carbocycles. The number of carbonyl (C=O) groups is 2. The van der Waals surface area contributed by atoms with E-state index in [1.54, 1.807) is 0 Å². The Morgan fingerprint density at radius 1 is 0.750 bits per heavy atom. The Kier molecular flexibility index (Phi) is 20.8. The van der Waals surface area contributed by atoms with Crippen LogP contribution < -0.4 is 5.32 Å². The average Bonchev–Trinajstić information content (AvgIpc) is 2.76. The largest absolute Gasteiger partial charge is 0.480 e. The zero-order valence-corrected chi connectivity index (χ0v) is 23.4. The van der Waals surface area contributed by atoms with Crippen molar-refractivity contribution in [1.82, 2.24) is 5.32 Å². The third kappa shape index (κ3) is 17.4. The number of rotatable bonds is 20. The summed E-state index contributed by atoms with van der Waals surface area (Å²) in [5.74, 6) is -1.13. The number of carbonyl (C=O) groups excluding carboxylic acids is 1. The standard InChI is InChI=1S/C27H45NO3.Zn/c1-2-3-4-5-6-7-8-9-10-11-12-13-14-15-19-22-26(29)28-25(27(30)31)23-24-20-17-16-18-21-24;/h16-18,20-21,25H,2-15,19,22-23H2,1H3,(H,28,29)(H,30,31);/t25-;/m0./s1. The maximum atomic E-state index is 12.1. The second kappa shape index (κ2) is 21.6. The normalized spacial score (nSPS) is 11.5. The number of hydrogen-bond acceptors (Lipinski definition) is 2. The first kappa shape index (κ1) is 30.8. The van der Waals surface area contributed by atoms with Crippen LogP contribution >= 0.6 is 0 Å². The van der Waals surface area contributed by atoms with Crippen LogP contribution in [0.5, 0.6) is 0 Å². The molecule has 2 N–H and O–H groups in total. The van der Waals surface area contributed by atoms with Gasteiger partial charge in [0.25, 0.3) is 0 Å². The van der Waals surface area contributed by atoms with Gasteiger partial charge in [-0.3, -0.25) is 4.79 Å². The molecule has 0 fully saturated rings. The Hall–Kier alpha value is -1.22. The summed E-state index contributed by atoms with van der Waals surface area (Å²) < 4.78 is 0. The predicted octanol–water partition coefficient (Wildman–Crippen LogP) is 7.06. The van der Waals surface area contributed by atoms with E-state index < -0.39 is 12.0 Å². The van der Waals surface area contributed by atoms with Crippen LogP contribution in [0, 0.1) is 0 Å². The molecule has 0 unspecified atom stereocenters. The molecule has 4 nitrogen and oxygen atoms in total. The average molecular weight is 497 g/mol. The molecule has 1 rings (SSSR count). The van der Waals surface area contributed by atoms with E-state index in [2.05, 4.69) is 12.2 Å². The van der Waals surface area contributed by atoms with Crippen molar-refractivity contribution in [3.63, 3.8) is 0 Å². The van der Waals surface area contributed by atoms with Crippen LogP contribution in [-0.4, -0.2) is 23.0 Å². The van der Waals surface area contributed by atoms with Gasteiger partial charge in [0.1, 0.15) is 6.04 Å². The summed E-state index contributed by atoms with van der Waals surface area (Å²) in [6, 6.07) is 8.57. The fraction of sp³-hybridized carbons (Fsp3) is 0.704.